The third kappa shape index (κ3) is 2.32. The van der Waals surface area contributed by atoms with E-state index in [9.17, 15) is 4.79 Å². The van der Waals surface area contributed by atoms with Gasteiger partial charge >= 0.3 is 0 Å². The number of pyridine rings is 1. The molecule has 0 aromatic carbocycles. The third-order valence-electron chi connectivity index (χ3n) is 3.00. The van der Waals surface area contributed by atoms with Crippen LogP contribution in [0.5, 0.6) is 0 Å². The number of anilines is 1. The van der Waals surface area contributed by atoms with Crippen LogP contribution in [0.3, 0.4) is 0 Å². The summed E-state index contributed by atoms with van der Waals surface area (Å²) in [5.41, 5.74) is 6.67. The number of carbonyl (C=O) groups is 1. The maximum Gasteiger partial charge on any atom is 0.255 e. The van der Waals surface area contributed by atoms with Gasteiger partial charge in [0, 0.05) is 24.1 Å². The van der Waals surface area contributed by atoms with E-state index in [0.29, 0.717) is 23.2 Å². The van der Waals surface area contributed by atoms with Gasteiger partial charge in [-0.2, -0.15) is 0 Å². The molecule has 0 aliphatic heterocycles. The minimum absolute atomic E-state index is 0.103. The van der Waals surface area contributed by atoms with Crippen LogP contribution in [0.15, 0.2) is 18.5 Å². The fourth-order valence-corrected chi connectivity index (χ4v) is 1.96. The largest absolute Gasteiger partial charge is 0.398 e. The Hall–Kier alpha value is -1.58. The van der Waals surface area contributed by atoms with Crippen LogP contribution in [-0.2, 0) is 0 Å². The van der Waals surface area contributed by atoms with E-state index in [0.717, 1.165) is 6.42 Å². The van der Waals surface area contributed by atoms with Crippen molar-refractivity contribution < 1.29 is 4.79 Å². The minimum atomic E-state index is -0.103. The summed E-state index contributed by atoms with van der Waals surface area (Å²) in [4.78, 5) is 15.7. The average molecular weight is 219 g/mol. The van der Waals surface area contributed by atoms with Crippen LogP contribution in [0.25, 0.3) is 0 Å². The van der Waals surface area contributed by atoms with Crippen LogP contribution >= 0.6 is 0 Å². The highest BCUT2D eigenvalue weighted by Gasteiger charge is 2.37. The molecule has 3 N–H and O–H groups in total. The first kappa shape index (κ1) is 10.9. The summed E-state index contributed by atoms with van der Waals surface area (Å²) in [5.74, 6) is 0.557. The molecule has 1 amide bonds. The molecule has 4 nitrogen and oxygen atoms in total. The fourth-order valence-electron chi connectivity index (χ4n) is 1.96. The summed E-state index contributed by atoms with van der Waals surface area (Å²) < 4.78 is 0. The van der Waals surface area contributed by atoms with Gasteiger partial charge in [-0.05, 0) is 24.8 Å². The van der Waals surface area contributed by atoms with Crippen molar-refractivity contribution in [1.82, 2.24) is 10.3 Å². The van der Waals surface area contributed by atoms with Crippen LogP contribution < -0.4 is 11.1 Å². The number of hydrogen-bond acceptors (Lipinski definition) is 3. The molecular weight excluding hydrogens is 202 g/mol. The SMILES string of the molecule is CCCC1CC1NC(=O)c1cnccc1N. The van der Waals surface area contributed by atoms with E-state index < -0.39 is 0 Å². The van der Waals surface area contributed by atoms with Gasteiger partial charge in [0.05, 0.1) is 5.56 Å². The fraction of sp³-hybridized carbons (Fsp3) is 0.500. The van der Waals surface area contributed by atoms with Gasteiger partial charge in [0.1, 0.15) is 0 Å². The summed E-state index contributed by atoms with van der Waals surface area (Å²) >= 11 is 0. The molecule has 0 radical (unpaired) electrons. The van der Waals surface area contributed by atoms with Gasteiger partial charge in [0.25, 0.3) is 5.91 Å². The zero-order chi connectivity index (χ0) is 11.5. The lowest BCUT2D eigenvalue weighted by Crippen LogP contribution is -2.27. The zero-order valence-corrected chi connectivity index (χ0v) is 9.44. The van der Waals surface area contributed by atoms with Crippen LogP contribution in [0, 0.1) is 5.92 Å². The number of aromatic nitrogens is 1. The lowest BCUT2D eigenvalue weighted by molar-refractivity contribution is 0.0949. The summed E-state index contributed by atoms with van der Waals surface area (Å²) in [6, 6.07) is 1.98. The van der Waals surface area contributed by atoms with Gasteiger partial charge in [-0.1, -0.05) is 13.3 Å². The van der Waals surface area contributed by atoms with E-state index >= 15 is 0 Å². The molecule has 2 atom stereocenters. The third-order valence-corrected chi connectivity index (χ3v) is 3.00. The second-order valence-electron chi connectivity index (χ2n) is 4.33. The zero-order valence-electron chi connectivity index (χ0n) is 9.44. The van der Waals surface area contributed by atoms with Gasteiger partial charge in [-0.3, -0.25) is 9.78 Å². The highest BCUT2D eigenvalue weighted by Crippen LogP contribution is 2.34. The first-order valence-corrected chi connectivity index (χ1v) is 5.72. The quantitative estimate of drug-likeness (QED) is 0.808. The Balaban J connectivity index is 1.92. The van der Waals surface area contributed by atoms with Gasteiger partial charge in [-0.15, -0.1) is 0 Å². The van der Waals surface area contributed by atoms with Crippen molar-refractivity contribution in [2.75, 3.05) is 5.73 Å². The summed E-state index contributed by atoms with van der Waals surface area (Å²) in [5, 5.41) is 2.99. The predicted molar refractivity (Wildman–Crippen MR) is 62.9 cm³/mol. The van der Waals surface area contributed by atoms with E-state index in [1.54, 1.807) is 12.3 Å². The Morgan fingerprint density at radius 1 is 1.69 bits per heavy atom. The summed E-state index contributed by atoms with van der Waals surface area (Å²) in [6.07, 6.45) is 6.56. The molecular formula is C12H17N3O. The van der Waals surface area contributed by atoms with Gasteiger partial charge in [0.2, 0.25) is 0 Å². The normalized spacial score (nSPS) is 22.8. The highest BCUT2D eigenvalue weighted by atomic mass is 16.1. The molecule has 1 aromatic rings. The van der Waals surface area contributed by atoms with E-state index in [1.807, 2.05) is 0 Å². The van der Waals surface area contributed by atoms with Gasteiger partial charge < -0.3 is 11.1 Å². The molecule has 1 heterocycles. The van der Waals surface area contributed by atoms with Crippen LogP contribution in [-0.4, -0.2) is 16.9 Å². The number of hydrogen-bond donors (Lipinski definition) is 2. The smallest absolute Gasteiger partial charge is 0.255 e. The Bertz CT molecular complexity index is 392. The number of nitrogens with one attached hydrogen (secondary N) is 1. The Morgan fingerprint density at radius 3 is 3.19 bits per heavy atom. The number of nitrogens with zero attached hydrogens (tertiary/aromatic N) is 1. The van der Waals surface area contributed by atoms with Gasteiger partial charge in [-0.25, -0.2) is 0 Å². The molecule has 16 heavy (non-hydrogen) atoms. The Kier molecular flexibility index (Phi) is 3.08. The van der Waals surface area contributed by atoms with Crippen molar-refractivity contribution in [3.8, 4) is 0 Å². The number of carbonyl (C=O) groups excluding carboxylic acids is 1. The standard InChI is InChI=1S/C12H17N3O/c1-2-3-8-6-11(8)15-12(16)9-7-14-5-4-10(9)13/h4-5,7-8,11H,2-3,6H2,1H3,(H2,13,14)(H,15,16). The lowest BCUT2D eigenvalue weighted by Gasteiger charge is -2.06. The van der Waals surface area contributed by atoms with E-state index in [2.05, 4.69) is 17.2 Å². The van der Waals surface area contributed by atoms with Gasteiger partial charge in [0.15, 0.2) is 0 Å². The number of nitrogens with two attached hydrogens (primary N) is 1. The highest BCUT2D eigenvalue weighted by molar-refractivity contribution is 5.99. The molecule has 4 heteroatoms. The molecule has 1 saturated carbocycles. The first-order valence-electron chi connectivity index (χ1n) is 5.72. The maximum atomic E-state index is 11.8. The average Bonchev–Trinajstić information content (AvgIpc) is 2.97. The van der Waals surface area contributed by atoms with E-state index in [1.165, 1.54) is 19.0 Å². The number of amides is 1. The molecule has 1 aliphatic rings. The molecule has 1 fully saturated rings. The minimum Gasteiger partial charge on any atom is -0.398 e. The van der Waals surface area contributed by atoms with Crippen LogP contribution in [0.2, 0.25) is 0 Å². The Labute approximate surface area is 95.3 Å². The lowest BCUT2D eigenvalue weighted by atomic mass is 10.2. The summed E-state index contributed by atoms with van der Waals surface area (Å²) in [7, 11) is 0. The van der Waals surface area contributed by atoms with Crippen molar-refractivity contribution in [2.45, 2.75) is 32.2 Å². The van der Waals surface area contributed by atoms with E-state index in [4.69, 9.17) is 5.73 Å². The topological polar surface area (TPSA) is 68.0 Å². The molecule has 86 valence electrons. The van der Waals surface area contributed by atoms with Crippen molar-refractivity contribution in [3.63, 3.8) is 0 Å². The molecule has 1 aromatic heterocycles. The monoisotopic (exact) mass is 219 g/mol. The first-order chi connectivity index (χ1) is 7.72. The maximum absolute atomic E-state index is 11.8. The summed E-state index contributed by atoms with van der Waals surface area (Å²) in [6.45, 7) is 2.16. The molecule has 2 unspecified atom stereocenters. The number of rotatable bonds is 4. The second-order valence-corrected chi connectivity index (χ2v) is 4.33. The molecule has 0 saturated heterocycles. The molecule has 0 spiro atoms. The van der Waals surface area contributed by atoms with Crippen LogP contribution in [0.4, 0.5) is 5.69 Å². The predicted octanol–water partition coefficient (Wildman–Crippen LogP) is 1.58. The molecule has 0 bridgehead atoms. The van der Waals surface area contributed by atoms with Crippen molar-refractivity contribution in [2.24, 2.45) is 5.92 Å². The molecule has 1 aliphatic carbocycles. The van der Waals surface area contributed by atoms with E-state index in [-0.39, 0.29) is 5.91 Å². The Morgan fingerprint density at radius 2 is 2.50 bits per heavy atom. The van der Waals surface area contributed by atoms with Crippen molar-refractivity contribution >= 4 is 11.6 Å². The molecule has 2 rings (SSSR count). The van der Waals surface area contributed by atoms with Crippen LogP contribution in [0.1, 0.15) is 36.5 Å². The second kappa shape index (κ2) is 4.51. The number of nitrogen functional groups attached to an aromatic ring is 1. The van der Waals surface area contributed by atoms with Crippen molar-refractivity contribution in [3.05, 3.63) is 24.0 Å². The van der Waals surface area contributed by atoms with Crippen molar-refractivity contribution in [1.29, 1.82) is 0 Å².